The predicted octanol–water partition coefficient (Wildman–Crippen LogP) is 2.29. The van der Waals surface area contributed by atoms with Crippen LogP contribution < -0.4 is 5.32 Å². The van der Waals surface area contributed by atoms with E-state index in [4.69, 9.17) is 0 Å². The van der Waals surface area contributed by atoms with Gasteiger partial charge in [0.05, 0.1) is 5.41 Å². The van der Waals surface area contributed by atoms with Crippen LogP contribution >= 0.6 is 0 Å². The maximum Gasteiger partial charge on any atom is 0.236 e. The zero-order valence-corrected chi connectivity index (χ0v) is 10.1. The van der Waals surface area contributed by atoms with E-state index >= 15 is 0 Å². The molecule has 2 aromatic rings. The number of carbonyl (C=O) groups is 1. The summed E-state index contributed by atoms with van der Waals surface area (Å²) in [6, 6.07) is 8.03. The van der Waals surface area contributed by atoms with Crippen molar-refractivity contribution >= 4 is 11.7 Å². The zero-order valence-electron chi connectivity index (χ0n) is 10.1. The molecule has 3 rings (SSSR count). The normalized spacial score (nSPS) is 15.8. The molecule has 1 aromatic heterocycles. The number of aromatic nitrogens is 2. The third-order valence-electron chi connectivity index (χ3n) is 3.40. The smallest absolute Gasteiger partial charge is 0.236 e. The Morgan fingerprint density at radius 1 is 1.26 bits per heavy atom. The highest BCUT2D eigenvalue weighted by Crippen LogP contribution is 2.49. The van der Waals surface area contributed by atoms with Gasteiger partial charge in [0.25, 0.3) is 0 Å². The third kappa shape index (κ3) is 2.07. The van der Waals surface area contributed by atoms with Gasteiger partial charge >= 0.3 is 0 Å². The summed E-state index contributed by atoms with van der Waals surface area (Å²) >= 11 is 0. The highest BCUT2D eigenvalue weighted by Gasteiger charge is 2.52. The molecule has 0 spiro atoms. The van der Waals surface area contributed by atoms with Gasteiger partial charge in [-0.25, -0.2) is 14.4 Å². The van der Waals surface area contributed by atoms with Crippen LogP contribution in [0.5, 0.6) is 0 Å². The van der Waals surface area contributed by atoms with Gasteiger partial charge in [-0.15, -0.1) is 0 Å². The molecule has 19 heavy (non-hydrogen) atoms. The number of benzene rings is 1. The van der Waals surface area contributed by atoms with E-state index in [1.165, 1.54) is 12.4 Å². The van der Waals surface area contributed by atoms with Crippen LogP contribution in [0.15, 0.2) is 42.9 Å². The monoisotopic (exact) mass is 257 g/mol. The van der Waals surface area contributed by atoms with Crippen LogP contribution in [-0.2, 0) is 10.2 Å². The van der Waals surface area contributed by atoms with Gasteiger partial charge in [0.15, 0.2) is 0 Å². The number of halogens is 1. The lowest BCUT2D eigenvalue weighted by Crippen LogP contribution is -2.29. The quantitative estimate of drug-likeness (QED) is 0.917. The summed E-state index contributed by atoms with van der Waals surface area (Å²) < 4.78 is 13.8. The van der Waals surface area contributed by atoms with Crippen LogP contribution in [0.3, 0.4) is 0 Å². The van der Waals surface area contributed by atoms with Gasteiger partial charge in [-0.3, -0.25) is 4.79 Å². The molecule has 0 saturated heterocycles. The Hall–Kier alpha value is -2.30. The first kappa shape index (κ1) is 11.8. The largest absolute Gasteiger partial charge is 0.310 e. The lowest BCUT2D eigenvalue weighted by Gasteiger charge is -2.15. The van der Waals surface area contributed by atoms with Crippen molar-refractivity contribution in [3.8, 4) is 0 Å². The van der Waals surface area contributed by atoms with Crippen molar-refractivity contribution in [2.24, 2.45) is 0 Å². The third-order valence-corrected chi connectivity index (χ3v) is 3.40. The Morgan fingerprint density at radius 2 is 2.05 bits per heavy atom. The second kappa shape index (κ2) is 4.42. The van der Waals surface area contributed by atoms with E-state index in [1.54, 1.807) is 30.5 Å². The molecule has 5 heteroatoms. The Bertz CT molecular complexity index is 611. The maximum atomic E-state index is 13.8. The van der Waals surface area contributed by atoms with Crippen LogP contribution in [0.2, 0.25) is 0 Å². The number of amides is 1. The Morgan fingerprint density at radius 3 is 2.68 bits per heavy atom. The molecule has 1 amide bonds. The van der Waals surface area contributed by atoms with Gasteiger partial charge < -0.3 is 5.32 Å². The molecule has 1 fully saturated rings. The zero-order chi connectivity index (χ0) is 13.3. The van der Waals surface area contributed by atoms with E-state index < -0.39 is 5.41 Å². The fourth-order valence-electron chi connectivity index (χ4n) is 2.19. The minimum absolute atomic E-state index is 0.212. The minimum Gasteiger partial charge on any atom is -0.310 e. The van der Waals surface area contributed by atoms with Gasteiger partial charge in [-0.05, 0) is 25.0 Å². The Kier molecular flexibility index (Phi) is 2.74. The van der Waals surface area contributed by atoms with Crippen molar-refractivity contribution in [2.45, 2.75) is 18.3 Å². The Balaban J connectivity index is 1.86. The van der Waals surface area contributed by atoms with Gasteiger partial charge in [0, 0.05) is 11.8 Å². The number of rotatable bonds is 3. The molecular formula is C14H12FN3O. The van der Waals surface area contributed by atoms with E-state index in [-0.39, 0.29) is 11.7 Å². The second-order valence-electron chi connectivity index (χ2n) is 4.61. The second-order valence-corrected chi connectivity index (χ2v) is 4.61. The van der Waals surface area contributed by atoms with Crippen molar-refractivity contribution in [3.05, 3.63) is 54.2 Å². The average Bonchev–Trinajstić information content (AvgIpc) is 3.22. The van der Waals surface area contributed by atoms with Crippen LogP contribution in [0, 0.1) is 5.82 Å². The summed E-state index contributed by atoms with van der Waals surface area (Å²) in [5.74, 6) is -0.114. The molecule has 1 aliphatic rings. The van der Waals surface area contributed by atoms with Crippen molar-refractivity contribution in [3.63, 3.8) is 0 Å². The van der Waals surface area contributed by atoms with Gasteiger partial charge in [0.1, 0.15) is 18.0 Å². The topological polar surface area (TPSA) is 54.9 Å². The fourth-order valence-corrected chi connectivity index (χ4v) is 2.19. The van der Waals surface area contributed by atoms with Crippen molar-refractivity contribution < 1.29 is 9.18 Å². The number of hydrogen-bond acceptors (Lipinski definition) is 3. The minimum atomic E-state index is -0.740. The van der Waals surface area contributed by atoms with E-state index in [0.29, 0.717) is 24.2 Å². The van der Waals surface area contributed by atoms with Crippen LogP contribution in [0.4, 0.5) is 10.2 Å². The first-order valence-corrected chi connectivity index (χ1v) is 6.05. The van der Waals surface area contributed by atoms with E-state index in [9.17, 15) is 9.18 Å². The Labute approximate surface area is 109 Å². The molecule has 1 saturated carbocycles. The molecule has 0 atom stereocenters. The van der Waals surface area contributed by atoms with Gasteiger partial charge in [-0.2, -0.15) is 0 Å². The summed E-state index contributed by atoms with van der Waals surface area (Å²) in [7, 11) is 0. The molecule has 1 aromatic carbocycles. The standard InChI is InChI=1S/C14H12FN3O/c15-11-4-2-1-3-10(11)14(6-7-14)13(19)18-12-5-8-16-9-17-12/h1-5,8-9H,6-7H2,(H,16,17,18,19). The molecule has 4 nitrogen and oxygen atoms in total. The molecular weight excluding hydrogens is 245 g/mol. The molecule has 1 aliphatic carbocycles. The van der Waals surface area contributed by atoms with Crippen molar-refractivity contribution in [1.82, 2.24) is 9.97 Å². The molecule has 1 heterocycles. The predicted molar refractivity (Wildman–Crippen MR) is 68.0 cm³/mol. The average molecular weight is 257 g/mol. The fraction of sp³-hybridized carbons (Fsp3) is 0.214. The van der Waals surface area contributed by atoms with Gasteiger partial charge in [0.2, 0.25) is 5.91 Å². The lowest BCUT2D eigenvalue weighted by atomic mass is 9.94. The van der Waals surface area contributed by atoms with Crippen LogP contribution in [0.1, 0.15) is 18.4 Å². The summed E-state index contributed by atoms with van der Waals surface area (Å²) in [5.41, 5.74) is -0.280. The number of nitrogens with one attached hydrogen (secondary N) is 1. The summed E-state index contributed by atoms with van der Waals surface area (Å²) in [6.45, 7) is 0. The molecule has 0 aliphatic heterocycles. The van der Waals surface area contributed by atoms with E-state index in [2.05, 4.69) is 15.3 Å². The summed E-state index contributed by atoms with van der Waals surface area (Å²) in [6.07, 6.45) is 4.22. The lowest BCUT2D eigenvalue weighted by molar-refractivity contribution is -0.118. The highest BCUT2D eigenvalue weighted by molar-refractivity contribution is 6.00. The van der Waals surface area contributed by atoms with Crippen LogP contribution in [-0.4, -0.2) is 15.9 Å². The van der Waals surface area contributed by atoms with Crippen molar-refractivity contribution in [1.29, 1.82) is 0 Å². The number of anilines is 1. The number of hydrogen-bond donors (Lipinski definition) is 1. The summed E-state index contributed by atoms with van der Waals surface area (Å²) in [4.78, 5) is 20.0. The molecule has 0 radical (unpaired) electrons. The first-order valence-electron chi connectivity index (χ1n) is 6.05. The first-order chi connectivity index (χ1) is 9.22. The summed E-state index contributed by atoms with van der Waals surface area (Å²) in [5, 5.41) is 2.71. The van der Waals surface area contributed by atoms with Crippen molar-refractivity contribution in [2.75, 3.05) is 5.32 Å². The van der Waals surface area contributed by atoms with Crippen LogP contribution in [0.25, 0.3) is 0 Å². The SMILES string of the molecule is O=C(Nc1ccncn1)C1(c2ccccc2F)CC1. The number of carbonyl (C=O) groups excluding carboxylic acids is 1. The molecule has 96 valence electrons. The molecule has 0 bridgehead atoms. The maximum absolute atomic E-state index is 13.8. The van der Waals surface area contributed by atoms with Gasteiger partial charge in [-0.1, -0.05) is 18.2 Å². The van der Waals surface area contributed by atoms with E-state index in [0.717, 1.165) is 0 Å². The highest BCUT2D eigenvalue weighted by atomic mass is 19.1. The molecule has 0 unspecified atom stereocenters. The molecule has 1 N–H and O–H groups in total. The number of nitrogens with zero attached hydrogens (tertiary/aromatic N) is 2. The van der Waals surface area contributed by atoms with E-state index in [1.807, 2.05) is 0 Å².